The first-order valence-electron chi connectivity index (χ1n) is 9.33. The van der Waals surface area contributed by atoms with E-state index in [0.29, 0.717) is 19.0 Å². The first kappa shape index (κ1) is 21.7. The van der Waals surface area contributed by atoms with Gasteiger partial charge in [0.2, 0.25) is 0 Å². The van der Waals surface area contributed by atoms with Crippen molar-refractivity contribution in [3.8, 4) is 0 Å². The highest BCUT2D eigenvalue weighted by atomic mass is 19.4. The number of nitro groups is 1. The number of rotatable bonds is 3. The van der Waals surface area contributed by atoms with E-state index in [0.717, 1.165) is 6.20 Å². The van der Waals surface area contributed by atoms with Gasteiger partial charge in [0.25, 0.3) is 5.69 Å². The predicted molar refractivity (Wildman–Crippen MR) is 102 cm³/mol. The number of anilines is 1. The molecule has 1 aliphatic heterocycles. The van der Waals surface area contributed by atoms with Crippen molar-refractivity contribution in [2.45, 2.75) is 51.4 Å². The number of pyridine rings is 1. The lowest BCUT2D eigenvalue weighted by atomic mass is 10.0. The molecular formula is C18H22F3N5O4. The molecule has 1 aliphatic rings. The molecule has 1 fully saturated rings. The number of halogens is 3. The molecule has 0 aromatic carbocycles. The van der Waals surface area contributed by atoms with Crippen LogP contribution in [-0.4, -0.2) is 45.7 Å². The molecule has 164 valence electrons. The minimum atomic E-state index is -4.76. The van der Waals surface area contributed by atoms with Gasteiger partial charge in [-0.3, -0.25) is 10.1 Å². The Balaban J connectivity index is 1.99. The summed E-state index contributed by atoms with van der Waals surface area (Å²) in [5.74, 6) is 0. The van der Waals surface area contributed by atoms with Gasteiger partial charge in [0.1, 0.15) is 16.6 Å². The molecule has 1 atom stereocenters. The zero-order chi connectivity index (χ0) is 22.3. The molecule has 3 heterocycles. The van der Waals surface area contributed by atoms with Crippen molar-refractivity contribution in [2.24, 2.45) is 0 Å². The predicted octanol–water partition coefficient (Wildman–Crippen LogP) is 3.98. The van der Waals surface area contributed by atoms with E-state index >= 15 is 0 Å². The van der Waals surface area contributed by atoms with Crippen LogP contribution in [-0.2, 0) is 10.9 Å². The van der Waals surface area contributed by atoms with Crippen LogP contribution in [0.15, 0.2) is 12.4 Å². The summed E-state index contributed by atoms with van der Waals surface area (Å²) in [5, 5.41) is 13.9. The number of alkyl halides is 3. The van der Waals surface area contributed by atoms with Crippen molar-refractivity contribution in [3.63, 3.8) is 0 Å². The smallest absolute Gasteiger partial charge is 0.419 e. The Bertz CT molecular complexity index is 967. The maximum absolute atomic E-state index is 13.7. The van der Waals surface area contributed by atoms with Crippen LogP contribution in [0.4, 0.5) is 29.3 Å². The third kappa shape index (κ3) is 4.57. The molecule has 9 nitrogen and oxygen atoms in total. The Labute approximate surface area is 169 Å². The molecule has 0 bridgehead atoms. The lowest BCUT2D eigenvalue weighted by Gasteiger charge is -2.36. The summed E-state index contributed by atoms with van der Waals surface area (Å²) in [4.78, 5) is 30.4. The molecule has 1 saturated heterocycles. The van der Waals surface area contributed by atoms with Gasteiger partial charge in [-0.15, -0.1) is 0 Å². The highest BCUT2D eigenvalue weighted by molar-refractivity contribution is 5.99. The van der Waals surface area contributed by atoms with Crippen LogP contribution >= 0.6 is 0 Å². The van der Waals surface area contributed by atoms with E-state index in [1.54, 1.807) is 20.8 Å². The number of piperidine rings is 1. The summed E-state index contributed by atoms with van der Waals surface area (Å²) >= 11 is 0. The minimum absolute atomic E-state index is 0.00748. The summed E-state index contributed by atoms with van der Waals surface area (Å²) in [5.41, 5.74) is -2.58. The Morgan fingerprint density at radius 1 is 1.40 bits per heavy atom. The lowest BCUT2D eigenvalue weighted by molar-refractivity contribution is -0.383. The van der Waals surface area contributed by atoms with E-state index < -0.39 is 40.1 Å². The van der Waals surface area contributed by atoms with Crippen LogP contribution in [0.25, 0.3) is 11.0 Å². The second kappa shape index (κ2) is 7.65. The van der Waals surface area contributed by atoms with Crippen molar-refractivity contribution in [3.05, 3.63) is 28.1 Å². The number of carbonyl (C=O) groups excluding carboxylic acids is 1. The third-order valence-electron chi connectivity index (χ3n) is 4.61. The maximum Gasteiger partial charge on any atom is 0.419 e. The molecule has 0 saturated carbocycles. The Morgan fingerprint density at radius 2 is 2.10 bits per heavy atom. The van der Waals surface area contributed by atoms with Gasteiger partial charge >= 0.3 is 12.3 Å². The van der Waals surface area contributed by atoms with Crippen molar-refractivity contribution >= 4 is 28.5 Å². The second-order valence-corrected chi connectivity index (χ2v) is 8.10. The van der Waals surface area contributed by atoms with Crippen molar-refractivity contribution in [1.82, 2.24) is 15.3 Å². The van der Waals surface area contributed by atoms with E-state index in [2.05, 4.69) is 15.3 Å². The number of aromatic amines is 1. The molecule has 12 heteroatoms. The summed E-state index contributed by atoms with van der Waals surface area (Å²) < 4.78 is 46.4. The fourth-order valence-electron chi connectivity index (χ4n) is 3.51. The van der Waals surface area contributed by atoms with E-state index in [9.17, 15) is 28.1 Å². The second-order valence-electron chi connectivity index (χ2n) is 8.10. The molecule has 3 rings (SSSR count). The summed E-state index contributed by atoms with van der Waals surface area (Å²) in [6.45, 7) is 5.40. The number of fused-ring (bicyclic) bond motifs is 1. The van der Waals surface area contributed by atoms with Gasteiger partial charge in [-0.05, 0) is 33.6 Å². The number of hydrogen-bond acceptors (Lipinski definition) is 6. The van der Waals surface area contributed by atoms with Gasteiger partial charge in [0, 0.05) is 25.3 Å². The molecule has 0 aliphatic carbocycles. The van der Waals surface area contributed by atoms with Crippen molar-refractivity contribution < 1.29 is 27.6 Å². The number of alkyl carbamates (subject to hydrolysis) is 1. The topological polar surface area (TPSA) is 113 Å². The molecule has 2 aromatic rings. The third-order valence-corrected chi connectivity index (χ3v) is 4.61. The Morgan fingerprint density at radius 3 is 2.70 bits per heavy atom. The first-order valence-corrected chi connectivity index (χ1v) is 9.33. The number of hydrogen-bond donors (Lipinski definition) is 2. The average Bonchev–Trinajstić information content (AvgIpc) is 3.03. The van der Waals surface area contributed by atoms with Crippen LogP contribution in [0.3, 0.4) is 0 Å². The quantitative estimate of drug-likeness (QED) is 0.564. The number of nitrogens with zero attached hydrogens (tertiary/aromatic N) is 3. The molecule has 1 amide bonds. The highest BCUT2D eigenvalue weighted by Crippen LogP contribution is 2.43. The summed E-state index contributed by atoms with van der Waals surface area (Å²) in [6, 6.07) is -0.476. The monoisotopic (exact) mass is 429 g/mol. The molecular weight excluding hydrogens is 407 g/mol. The number of H-pyrrole nitrogens is 1. The Hall–Kier alpha value is -3.05. The zero-order valence-electron chi connectivity index (χ0n) is 16.7. The van der Waals surface area contributed by atoms with Crippen LogP contribution in [0.2, 0.25) is 0 Å². The molecule has 0 radical (unpaired) electrons. The maximum atomic E-state index is 13.7. The normalized spacial score (nSPS) is 17.8. The number of aromatic nitrogens is 2. The van der Waals surface area contributed by atoms with Crippen LogP contribution < -0.4 is 10.2 Å². The van der Waals surface area contributed by atoms with Crippen LogP contribution in [0, 0.1) is 10.1 Å². The van der Waals surface area contributed by atoms with Gasteiger partial charge in [-0.1, -0.05) is 0 Å². The summed E-state index contributed by atoms with van der Waals surface area (Å²) in [7, 11) is 0. The fourth-order valence-corrected chi connectivity index (χ4v) is 3.51. The van der Waals surface area contributed by atoms with Gasteiger partial charge in [-0.2, -0.15) is 13.2 Å². The van der Waals surface area contributed by atoms with Crippen molar-refractivity contribution in [1.29, 1.82) is 0 Å². The SMILES string of the molecule is CC(C)(C)OC(=O)NC1CCCN(c2c(C(F)(F)F)cnc3[nH]cc([N+](=O)[O-])c23)C1. The first-order chi connectivity index (χ1) is 13.9. The average molecular weight is 429 g/mol. The number of carbonyl (C=O) groups is 1. The molecule has 0 spiro atoms. The fraction of sp³-hybridized carbons (Fsp3) is 0.556. The van der Waals surface area contributed by atoms with E-state index in [4.69, 9.17) is 4.74 Å². The van der Waals surface area contributed by atoms with Gasteiger partial charge in [0.05, 0.1) is 22.4 Å². The summed E-state index contributed by atoms with van der Waals surface area (Å²) in [6.07, 6.45) is -2.70. The lowest BCUT2D eigenvalue weighted by Crippen LogP contribution is -2.49. The standard InChI is InChI=1S/C18H22F3N5O4/c1-17(2,3)30-16(27)24-10-5-4-6-25(9-10)14-11(18(19,20)21)7-22-15-13(14)12(8-23-15)26(28)29/h7-8,10H,4-6,9H2,1-3H3,(H,22,23)(H,24,27). The van der Waals surface area contributed by atoms with E-state index in [1.807, 2.05) is 0 Å². The van der Waals surface area contributed by atoms with E-state index in [-0.39, 0.29) is 29.8 Å². The molecule has 2 N–H and O–H groups in total. The number of ether oxygens (including phenoxy) is 1. The largest absolute Gasteiger partial charge is 0.444 e. The van der Waals surface area contributed by atoms with Crippen LogP contribution in [0.5, 0.6) is 0 Å². The number of amides is 1. The van der Waals surface area contributed by atoms with Crippen molar-refractivity contribution in [2.75, 3.05) is 18.0 Å². The van der Waals surface area contributed by atoms with Gasteiger partial charge in [0.15, 0.2) is 0 Å². The Kier molecular flexibility index (Phi) is 5.52. The van der Waals surface area contributed by atoms with Crippen LogP contribution in [0.1, 0.15) is 39.2 Å². The van der Waals surface area contributed by atoms with E-state index in [1.165, 1.54) is 4.90 Å². The van der Waals surface area contributed by atoms with Gasteiger partial charge in [-0.25, -0.2) is 9.78 Å². The highest BCUT2D eigenvalue weighted by Gasteiger charge is 2.39. The van der Waals surface area contributed by atoms with Gasteiger partial charge < -0.3 is 19.9 Å². The minimum Gasteiger partial charge on any atom is -0.444 e. The molecule has 30 heavy (non-hydrogen) atoms. The zero-order valence-corrected chi connectivity index (χ0v) is 16.7. The molecule has 1 unspecified atom stereocenters. The number of nitrogens with one attached hydrogen (secondary N) is 2. The molecule has 2 aromatic heterocycles.